The minimum atomic E-state index is -0.393. The van der Waals surface area contributed by atoms with E-state index < -0.39 is 4.92 Å². The van der Waals surface area contributed by atoms with Crippen molar-refractivity contribution in [2.75, 3.05) is 31.2 Å². The van der Waals surface area contributed by atoms with Gasteiger partial charge < -0.3 is 14.7 Å². The van der Waals surface area contributed by atoms with Gasteiger partial charge in [0.25, 0.3) is 5.69 Å². The van der Waals surface area contributed by atoms with Gasteiger partial charge in [0.15, 0.2) is 0 Å². The lowest BCUT2D eigenvalue weighted by Crippen LogP contribution is -2.36. The van der Waals surface area contributed by atoms with Crippen molar-refractivity contribution < 1.29 is 14.8 Å². The highest BCUT2D eigenvalue weighted by Gasteiger charge is 2.22. The van der Waals surface area contributed by atoms with E-state index in [1.54, 1.807) is 6.07 Å². The number of benzene rings is 1. The van der Waals surface area contributed by atoms with E-state index in [0.717, 1.165) is 38.0 Å². The second-order valence-electron chi connectivity index (χ2n) is 5.43. The van der Waals surface area contributed by atoms with E-state index >= 15 is 0 Å². The molecule has 1 unspecified atom stereocenters. The van der Waals surface area contributed by atoms with Crippen LogP contribution in [-0.4, -0.2) is 36.3 Å². The molecule has 116 valence electrons. The molecule has 0 radical (unpaired) electrons. The van der Waals surface area contributed by atoms with Gasteiger partial charge in [-0.1, -0.05) is 6.92 Å². The summed E-state index contributed by atoms with van der Waals surface area (Å²) in [7, 11) is 0. The van der Waals surface area contributed by atoms with Crippen LogP contribution in [0.15, 0.2) is 18.2 Å². The first-order valence-electron chi connectivity index (χ1n) is 7.42. The zero-order chi connectivity index (χ0) is 15.2. The maximum atomic E-state index is 11.1. The molecule has 6 heteroatoms. The van der Waals surface area contributed by atoms with Gasteiger partial charge in [-0.3, -0.25) is 10.1 Å². The Bertz CT molecular complexity index is 493. The first-order chi connectivity index (χ1) is 10.1. The van der Waals surface area contributed by atoms with Gasteiger partial charge in [-0.05, 0) is 25.2 Å². The van der Waals surface area contributed by atoms with Crippen LogP contribution >= 0.6 is 0 Å². The lowest BCUT2D eigenvalue weighted by molar-refractivity contribution is -0.384. The minimum Gasteiger partial charge on any atom is -0.493 e. The van der Waals surface area contributed by atoms with Crippen molar-refractivity contribution in [2.45, 2.75) is 26.2 Å². The fourth-order valence-corrected chi connectivity index (χ4v) is 2.61. The summed E-state index contributed by atoms with van der Waals surface area (Å²) < 4.78 is 5.55. The summed E-state index contributed by atoms with van der Waals surface area (Å²) in [6.07, 6.45) is 2.84. The van der Waals surface area contributed by atoms with Crippen LogP contribution in [0.3, 0.4) is 0 Å². The molecule has 1 N–H and O–H groups in total. The number of piperidine rings is 1. The number of hydrogen-bond acceptors (Lipinski definition) is 5. The van der Waals surface area contributed by atoms with Gasteiger partial charge in [-0.2, -0.15) is 0 Å². The van der Waals surface area contributed by atoms with Crippen molar-refractivity contribution in [2.24, 2.45) is 5.92 Å². The smallest absolute Gasteiger partial charge is 0.275 e. The molecule has 0 aromatic heterocycles. The Morgan fingerprint density at radius 2 is 2.29 bits per heavy atom. The number of ether oxygens (including phenoxy) is 1. The van der Waals surface area contributed by atoms with Crippen molar-refractivity contribution >= 4 is 11.4 Å². The van der Waals surface area contributed by atoms with Gasteiger partial charge in [0.05, 0.1) is 17.6 Å². The van der Waals surface area contributed by atoms with Gasteiger partial charge in [0, 0.05) is 37.5 Å². The van der Waals surface area contributed by atoms with Crippen LogP contribution in [-0.2, 0) is 0 Å². The second-order valence-corrected chi connectivity index (χ2v) is 5.43. The van der Waals surface area contributed by atoms with Gasteiger partial charge in [-0.25, -0.2) is 0 Å². The van der Waals surface area contributed by atoms with Gasteiger partial charge in [0.2, 0.25) is 0 Å². The molecule has 0 amide bonds. The number of nitrogens with zero attached hydrogens (tertiary/aromatic N) is 2. The van der Waals surface area contributed by atoms with Crippen LogP contribution in [0.4, 0.5) is 11.4 Å². The van der Waals surface area contributed by atoms with Crippen molar-refractivity contribution in [1.82, 2.24) is 0 Å². The molecule has 1 aliphatic rings. The third-order valence-electron chi connectivity index (χ3n) is 3.70. The first-order valence-corrected chi connectivity index (χ1v) is 7.42. The van der Waals surface area contributed by atoms with Crippen LogP contribution in [0.25, 0.3) is 0 Å². The normalized spacial score (nSPS) is 18.6. The number of anilines is 1. The van der Waals surface area contributed by atoms with E-state index in [9.17, 15) is 15.2 Å². The maximum Gasteiger partial charge on any atom is 0.275 e. The minimum absolute atomic E-state index is 0.0460. The number of nitro groups is 1. The third-order valence-corrected chi connectivity index (χ3v) is 3.70. The summed E-state index contributed by atoms with van der Waals surface area (Å²) in [5.41, 5.74) is 0.846. The van der Waals surface area contributed by atoms with Crippen molar-refractivity contribution in [3.05, 3.63) is 28.3 Å². The lowest BCUT2D eigenvalue weighted by Gasteiger charge is -2.33. The monoisotopic (exact) mass is 294 g/mol. The summed E-state index contributed by atoms with van der Waals surface area (Å²) in [6, 6.07) is 4.90. The van der Waals surface area contributed by atoms with E-state index in [-0.39, 0.29) is 18.2 Å². The quantitative estimate of drug-likeness (QED) is 0.644. The molecule has 0 spiro atoms. The fourth-order valence-electron chi connectivity index (χ4n) is 2.61. The van der Waals surface area contributed by atoms with Crippen LogP contribution in [0.1, 0.15) is 26.2 Å². The molecule has 0 bridgehead atoms. The average Bonchev–Trinajstić information content (AvgIpc) is 2.52. The lowest BCUT2D eigenvalue weighted by atomic mass is 9.98. The Kier molecular flexibility index (Phi) is 5.38. The molecule has 0 aliphatic carbocycles. The highest BCUT2D eigenvalue weighted by molar-refractivity contribution is 5.58. The van der Waals surface area contributed by atoms with Crippen LogP contribution in [0.5, 0.6) is 5.75 Å². The zero-order valence-corrected chi connectivity index (χ0v) is 12.3. The molecule has 1 saturated heterocycles. The number of rotatable bonds is 6. The Morgan fingerprint density at radius 3 is 2.95 bits per heavy atom. The first kappa shape index (κ1) is 15.6. The molecule has 1 heterocycles. The molecular weight excluding hydrogens is 272 g/mol. The molecule has 1 aliphatic heterocycles. The standard InChI is InChI=1S/C15H22N2O4/c1-2-6-21-15-8-13(7-14(9-15)17(19)20)16-5-3-4-12(10-16)11-18/h7-9,12,18H,2-6,10-11H2,1H3. The summed E-state index contributed by atoms with van der Waals surface area (Å²) in [6.45, 7) is 4.27. The third kappa shape index (κ3) is 4.07. The topological polar surface area (TPSA) is 75.8 Å². The molecule has 1 fully saturated rings. The summed E-state index contributed by atoms with van der Waals surface area (Å²) in [5, 5.41) is 20.4. The van der Waals surface area contributed by atoms with E-state index in [1.807, 2.05) is 13.0 Å². The van der Waals surface area contributed by atoms with Crippen LogP contribution in [0, 0.1) is 16.0 Å². The average molecular weight is 294 g/mol. The van der Waals surface area contributed by atoms with E-state index in [4.69, 9.17) is 4.74 Å². The summed E-state index contributed by atoms with van der Waals surface area (Å²) >= 11 is 0. The van der Waals surface area contributed by atoms with Gasteiger partial charge in [0.1, 0.15) is 5.75 Å². The Hall–Kier alpha value is -1.82. The number of nitro benzene ring substituents is 1. The van der Waals surface area contributed by atoms with Crippen molar-refractivity contribution in [3.8, 4) is 5.75 Å². The fraction of sp³-hybridized carbons (Fsp3) is 0.600. The highest BCUT2D eigenvalue weighted by atomic mass is 16.6. The number of non-ortho nitro benzene ring substituents is 1. The summed E-state index contributed by atoms with van der Waals surface area (Å²) in [5.74, 6) is 0.769. The molecule has 6 nitrogen and oxygen atoms in total. The van der Waals surface area contributed by atoms with Gasteiger partial charge in [-0.15, -0.1) is 0 Å². The largest absolute Gasteiger partial charge is 0.493 e. The van der Waals surface area contributed by atoms with E-state index in [2.05, 4.69) is 4.90 Å². The van der Waals surface area contributed by atoms with E-state index in [0.29, 0.717) is 12.4 Å². The Labute approximate surface area is 124 Å². The van der Waals surface area contributed by atoms with Crippen LogP contribution in [0.2, 0.25) is 0 Å². The number of aliphatic hydroxyl groups is 1. The van der Waals surface area contributed by atoms with Crippen molar-refractivity contribution in [3.63, 3.8) is 0 Å². The predicted octanol–water partition coefficient (Wildman–Crippen LogP) is 2.59. The maximum absolute atomic E-state index is 11.1. The Balaban J connectivity index is 2.24. The zero-order valence-electron chi connectivity index (χ0n) is 12.3. The highest BCUT2D eigenvalue weighted by Crippen LogP contribution is 2.31. The predicted molar refractivity (Wildman–Crippen MR) is 80.9 cm³/mol. The molecule has 2 rings (SSSR count). The molecule has 0 saturated carbocycles. The molecule has 1 aromatic rings. The number of aliphatic hydroxyl groups excluding tert-OH is 1. The van der Waals surface area contributed by atoms with Gasteiger partial charge >= 0.3 is 0 Å². The molecule has 21 heavy (non-hydrogen) atoms. The van der Waals surface area contributed by atoms with Crippen molar-refractivity contribution in [1.29, 1.82) is 0 Å². The summed E-state index contributed by atoms with van der Waals surface area (Å²) in [4.78, 5) is 12.8. The SMILES string of the molecule is CCCOc1cc(N2CCCC(CO)C2)cc([N+](=O)[O-])c1. The number of hydrogen-bond donors (Lipinski definition) is 1. The van der Waals surface area contributed by atoms with E-state index in [1.165, 1.54) is 6.07 Å². The Morgan fingerprint density at radius 1 is 1.48 bits per heavy atom. The second kappa shape index (κ2) is 7.26. The molecule has 1 aromatic carbocycles. The van der Waals surface area contributed by atoms with Crippen LogP contribution < -0.4 is 9.64 Å². The molecule has 1 atom stereocenters. The molecular formula is C15H22N2O4.